The topological polar surface area (TPSA) is 12.9 Å². The monoisotopic (exact) mass is 341 g/mol. The van der Waals surface area contributed by atoms with E-state index in [0.717, 1.165) is 22.3 Å². The largest absolute Gasteiger partial charge is 0.256 e. The summed E-state index contributed by atoms with van der Waals surface area (Å²) in [6, 6.07) is 25.8. The van der Waals surface area contributed by atoms with Crippen molar-refractivity contribution in [3.8, 4) is 33.5 Å². The van der Waals surface area contributed by atoms with Crippen LogP contribution in [0, 0.1) is 13.7 Å². The van der Waals surface area contributed by atoms with Gasteiger partial charge in [0.2, 0.25) is 0 Å². The van der Waals surface area contributed by atoms with E-state index in [2.05, 4.69) is 4.98 Å². The van der Waals surface area contributed by atoms with E-state index in [4.69, 9.17) is 8.22 Å². The Bertz CT molecular complexity index is 1210. The van der Waals surface area contributed by atoms with Crippen LogP contribution in [0.3, 0.4) is 0 Å². The fraction of sp³-hybridized carbons (Fsp3) is 0.0800. The summed E-state index contributed by atoms with van der Waals surface area (Å²) in [6.45, 7) is -4.42. The predicted octanol–water partition coefficient (Wildman–Crippen LogP) is 6.70. The first kappa shape index (κ1) is 10.7. The third-order valence-corrected chi connectivity index (χ3v) is 4.39. The van der Waals surface area contributed by atoms with Crippen LogP contribution in [0.4, 0.5) is 0 Å². The van der Waals surface area contributed by atoms with E-state index in [0.29, 0.717) is 16.8 Å². The second-order valence-corrected chi connectivity index (χ2v) is 6.14. The average Bonchev–Trinajstić information content (AvgIpc) is 2.78. The lowest BCUT2D eigenvalue weighted by Crippen LogP contribution is -1.90. The summed E-state index contributed by atoms with van der Waals surface area (Å²) in [4.78, 5) is 4.39. The highest BCUT2D eigenvalue weighted by atomic mass is 14.7. The zero-order valence-corrected chi connectivity index (χ0v) is 14.1. The van der Waals surface area contributed by atoms with Gasteiger partial charge in [0.05, 0.1) is 5.69 Å². The second kappa shape index (κ2) is 6.97. The Morgan fingerprint density at radius 2 is 1.31 bits per heavy atom. The first-order valence-corrected chi connectivity index (χ1v) is 8.40. The lowest BCUT2D eigenvalue weighted by atomic mass is 9.97. The molecule has 126 valence electrons. The molecule has 1 aromatic heterocycles. The third kappa shape index (κ3) is 3.29. The quantitative estimate of drug-likeness (QED) is 0.404. The minimum atomic E-state index is -2.29. The SMILES string of the molecule is [2H]C([2H])([2H])c1ccc(-c2ccc(-c3cc(-c4ccccc4)ncc3C([2H])([2H])[2H])cc2)cc1. The van der Waals surface area contributed by atoms with Gasteiger partial charge in [-0.3, -0.25) is 4.98 Å². The van der Waals surface area contributed by atoms with Gasteiger partial charge in [-0.2, -0.15) is 0 Å². The number of aryl methyl sites for hydroxylation is 2. The lowest BCUT2D eigenvalue weighted by molar-refractivity contribution is 1.27. The van der Waals surface area contributed by atoms with Gasteiger partial charge >= 0.3 is 0 Å². The van der Waals surface area contributed by atoms with E-state index >= 15 is 0 Å². The van der Waals surface area contributed by atoms with Gasteiger partial charge in [-0.25, -0.2) is 0 Å². The second-order valence-electron chi connectivity index (χ2n) is 6.14. The molecule has 0 aliphatic rings. The van der Waals surface area contributed by atoms with Crippen molar-refractivity contribution in [2.45, 2.75) is 13.7 Å². The van der Waals surface area contributed by atoms with E-state index in [1.807, 2.05) is 60.7 Å². The van der Waals surface area contributed by atoms with E-state index in [9.17, 15) is 0 Å². The van der Waals surface area contributed by atoms with Gasteiger partial charge in [-0.05, 0) is 47.6 Å². The van der Waals surface area contributed by atoms with Crippen molar-refractivity contribution in [2.75, 3.05) is 0 Å². The molecular weight excluding hydrogens is 314 g/mol. The molecule has 0 fully saturated rings. The van der Waals surface area contributed by atoms with E-state index in [1.54, 1.807) is 24.3 Å². The Kier molecular flexibility index (Phi) is 2.87. The number of pyridine rings is 1. The van der Waals surface area contributed by atoms with E-state index in [1.165, 1.54) is 6.20 Å². The molecule has 1 nitrogen and oxygen atoms in total. The van der Waals surface area contributed by atoms with Crippen LogP contribution in [0.1, 0.15) is 19.4 Å². The first-order chi connectivity index (χ1) is 15.1. The third-order valence-electron chi connectivity index (χ3n) is 4.39. The van der Waals surface area contributed by atoms with E-state index < -0.39 is 13.7 Å². The van der Waals surface area contributed by atoms with Gasteiger partial charge in [-0.1, -0.05) is 84.4 Å². The van der Waals surface area contributed by atoms with Crippen molar-refractivity contribution in [2.24, 2.45) is 0 Å². The number of hydrogen-bond acceptors (Lipinski definition) is 1. The number of aromatic nitrogens is 1. The highest BCUT2D eigenvalue weighted by Gasteiger charge is 2.07. The molecule has 0 aliphatic carbocycles. The summed E-state index contributed by atoms with van der Waals surface area (Å²) in [5, 5.41) is 0. The molecule has 1 heteroatoms. The Morgan fingerprint density at radius 1 is 0.654 bits per heavy atom. The van der Waals surface area contributed by atoms with Crippen molar-refractivity contribution in [1.29, 1.82) is 0 Å². The standard InChI is InChI=1S/C25H21N/c1-18-8-10-20(11-9-18)21-12-14-22(15-13-21)24-16-25(26-17-19(24)2)23-6-4-3-5-7-23/h3-17H,1-2H3/i1D3,2D3. The summed E-state index contributed by atoms with van der Waals surface area (Å²) in [5.74, 6) is 0. The molecule has 1 heterocycles. The van der Waals surface area contributed by atoms with Crippen LogP contribution in [0.15, 0.2) is 91.1 Å². The van der Waals surface area contributed by atoms with Crippen LogP contribution in [0.2, 0.25) is 0 Å². The molecule has 0 N–H and O–H groups in total. The minimum absolute atomic E-state index is 0.201. The molecule has 26 heavy (non-hydrogen) atoms. The molecule has 0 spiro atoms. The molecule has 0 radical (unpaired) electrons. The van der Waals surface area contributed by atoms with Gasteiger partial charge in [0.25, 0.3) is 0 Å². The molecule has 0 saturated carbocycles. The maximum Gasteiger partial charge on any atom is 0.0708 e. The predicted molar refractivity (Wildman–Crippen MR) is 110 cm³/mol. The Balaban J connectivity index is 1.73. The van der Waals surface area contributed by atoms with Gasteiger partial charge in [0.15, 0.2) is 0 Å². The highest BCUT2D eigenvalue weighted by Crippen LogP contribution is 2.29. The number of rotatable bonds is 3. The maximum atomic E-state index is 7.93. The smallest absolute Gasteiger partial charge is 0.0708 e. The molecule has 4 rings (SSSR count). The molecule has 0 saturated heterocycles. The fourth-order valence-corrected chi connectivity index (χ4v) is 2.97. The van der Waals surface area contributed by atoms with Crippen molar-refractivity contribution in [3.05, 3.63) is 102 Å². The molecule has 3 aromatic carbocycles. The van der Waals surface area contributed by atoms with Crippen LogP contribution in [0.25, 0.3) is 33.5 Å². The van der Waals surface area contributed by atoms with Crippen molar-refractivity contribution >= 4 is 0 Å². The number of hydrogen-bond donors (Lipinski definition) is 0. The highest BCUT2D eigenvalue weighted by molar-refractivity contribution is 5.75. The van der Waals surface area contributed by atoms with Crippen LogP contribution in [-0.4, -0.2) is 4.98 Å². The molecule has 0 atom stereocenters. The van der Waals surface area contributed by atoms with Gasteiger partial charge in [0, 0.05) is 20.0 Å². The molecular formula is C25H21N. The first-order valence-electron chi connectivity index (χ1n) is 11.4. The Morgan fingerprint density at radius 3 is 1.96 bits per heavy atom. The molecule has 0 amide bonds. The molecule has 0 bridgehead atoms. The Labute approximate surface area is 163 Å². The maximum absolute atomic E-state index is 7.93. The van der Waals surface area contributed by atoms with Gasteiger partial charge in [-0.15, -0.1) is 0 Å². The molecule has 0 unspecified atom stereocenters. The number of benzene rings is 3. The minimum Gasteiger partial charge on any atom is -0.256 e. The summed E-state index contributed by atoms with van der Waals surface area (Å²) in [7, 11) is 0. The van der Waals surface area contributed by atoms with Crippen molar-refractivity contribution in [1.82, 2.24) is 4.98 Å². The van der Waals surface area contributed by atoms with Gasteiger partial charge < -0.3 is 0 Å². The van der Waals surface area contributed by atoms with Crippen LogP contribution in [-0.2, 0) is 0 Å². The molecule has 0 aliphatic heterocycles. The van der Waals surface area contributed by atoms with Gasteiger partial charge in [0.1, 0.15) is 0 Å². The van der Waals surface area contributed by atoms with Crippen LogP contribution >= 0.6 is 0 Å². The van der Waals surface area contributed by atoms with Crippen LogP contribution < -0.4 is 0 Å². The van der Waals surface area contributed by atoms with Crippen LogP contribution in [0.5, 0.6) is 0 Å². The normalized spacial score (nSPS) is 15.1. The Hall–Kier alpha value is -3.19. The number of nitrogens with zero attached hydrogens (tertiary/aromatic N) is 1. The summed E-state index contributed by atoms with van der Waals surface area (Å²) >= 11 is 0. The van der Waals surface area contributed by atoms with E-state index in [-0.39, 0.29) is 5.56 Å². The summed E-state index contributed by atoms with van der Waals surface area (Å²) < 4.78 is 46.3. The van der Waals surface area contributed by atoms with Crippen molar-refractivity contribution < 1.29 is 8.22 Å². The molecule has 4 aromatic rings. The zero-order chi connectivity index (χ0) is 22.9. The lowest BCUT2D eigenvalue weighted by Gasteiger charge is -2.10. The summed E-state index contributed by atoms with van der Waals surface area (Å²) in [5.41, 5.74) is 5.31. The average molecular weight is 341 g/mol. The fourth-order valence-electron chi connectivity index (χ4n) is 2.97. The van der Waals surface area contributed by atoms with Crippen molar-refractivity contribution in [3.63, 3.8) is 0 Å². The zero-order valence-electron chi connectivity index (χ0n) is 20.1. The summed E-state index contributed by atoms with van der Waals surface area (Å²) in [6.07, 6.45) is 1.44.